The quantitative estimate of drug-likeness (QED) is 0.201. The molecule has 2 fully saturated rings. The number of nitrogens with zero attached hydrogens (tertiary/aromatic N) is 3. The second kappa shape index (κ2) is 21.3. The number of aliphatic hydroxyl groups excluding tert-OH is 2. The molecule has 4 aliphatic rings. The fourth-order valence-corrected chi connectivity index (χ4v) is 9.72. The van der Waals surface area contributed by atoms with Crippen molar-refractivity contribution in [1.82, 2.24) is 10.2 Å². The van der Waals surface area contributed by atoms with Crippen molar-refractivity contribution in [3.05, 3.63) is 84.4 Å². The smallest absolute Gasteiger partial charge is 0.416 e. The number of carbonyl (C=O) groups is 2. The summed E-state index contributed by atoms with van der Waals surface area (Å²) in [5.74, 6) is -0.150. The van der Waals surface area contributed by atoms with Crippen LogP contribution in [0.3, 0.4) is 0 Å². The third-order valence-corrected chi connectivity index (χ3v) is 12.4. The maximum atomic E-state index is 12.8. The van der Waals surface area contributed by atoms with Crippen molar-refractivity contribution in [1.29, 1.82) is 0 Å². The van der Waals surface area contributed by atoms with E-state index in [0.29, 0.717) is 23.5 Å². The summed E-state index contributed by atoms with van der Waals surface area (Å²) >= 11 is 2.68. The topological polar surface area (TPSA) is 170 Å². The number of hydrogen-bond donors (Lipinski definition) is 3. The molecular weight excluding hydrogens is 821 g/mol. The highest BCUT2D eigenvalue weighted by Crippen LogP contribution is 2.43. The van der Waals surface area contributed by atoms with Gasteiger partial charge in [-0.15, -0.1) is 6.58 Å². The number of benzene rings is 2. The lowest BCUT2D eigenvalue weighted by Crippen LogP contribution is -2.54. The van der Waals surface area contributed by atoms with Crippen molar-refractivity contribution in [2.45, 2.75) is 153 Å². The molecule has 0 aliphatic carbocycles. The average Bonchev–Trinajstić information content (AvgIpc) is 3.78. The Morgan fingerprint density at radius 1 is 0.787 bits per heavy atom. The van der Waals surface area contributed by atoms with E-state index in [0.717, 1.165) is 11.1 Å². The zero-order valence-corrected chi connectivity index (χ0v) is 38.6. The molecule has 2 unspecified atom stereocenters. The molecule has 6 rings (SSSR count). The summed E-state index contributed by atoms with van der Waals surface area (Å²) in [5, 5.41) is 24.2. The van der Waals surface area contributed by atoms with Crippen LogP contribution in [0, 0.1) is 11.8 Å². The van der Waals surface area contributed by atoms with Crippen LogP contribution >= 0.6 is 23.5 Å². The SMILES string of the molecule is C=CCN(C(=O)OC(C)(C)C)C1=N[C@@H]2[C@@H](OCc3ccccc3)[C@H](C)[C@@H](C(C)O)O[C@@H]2S1.CC(O)[C@H]1O[C@@H]2SC(NC(=O)OC(C)(C)C)=N[C@@H]2[C@@H](OCc2ccccc2)[C@@H]1C. The van der Waals surface area contributed by atoms with E-state index in [2.05, 4.69) is 16.9 Å². The number of aliphatic hydroxyl groups is 2. The van der Waals surface area contributed by atoms with Gasteiger partial charge in [0.05, 0.1) is 49.8 Å². The van der Waals surface area contributed by atoms with Crippen LogP contribution in [-0.4, -0.2) is 115 Å². The molecule has 2 amide bonds. The van der Waals surface area contributed by atoms with Gasteiger partial charge in [-0.2, -0.15) is 0 Å². The minimum absolute atomic E-state index is 0.0646. The van der Waals surface area contributed by atoms with Gasteiger partial charge in [0, 0.05) is 18.4 Å². The second-order valence-electron chi connectivity index (χ2n) is 17.7. The van der Waals surface area contributed by atoms with Crippen LogP contribution in [0.4, 0.5) is 9.59 Å². The fourth-order valence-electron chi connectivity index (χ4n) is 7.43. The molecule has 3 N–H and O–H groups in total. The maximum Gasteiger partial charge on any atom is 0.416 e. The van der Waals surface area contributed by atoms with Gasteiger partial charge >= 0.3 is 12.2 Å². The van der Waals surface area contributed by atoms with Gasteiger partial charge in [0.25, 0.3) is 0 Å². The number of fused-ring (bicyclic) bond motifs is 2. The van der Waals surface area contributed by atoms with Gasteiger partial charge in [-0.25, -0.2) is 9.59 Å². The zero-order chi connectivity index (χ0) is 44.6. The number of aliphatic imine (C=N–C) groups is 2. The van der Waals surface area contributed by atoms with Gasteiger partial charge in [-0.05, 0) is 66.5 Å². The Labute approximate surface area is 369 Å². The molecule has 12 atom stereocenters. The molecule has 2 aromatic carbocycles. The summed E-state index contributed by atoms with van der Waals surface area (Å²) in [4.78, 5) is 35.9. The number of nitrogens with one attached hydrogen (secondary N) is 1. The van der Waals surface area contributed by atoms with Crippen LogP contribution in [0.2, 0.25) is 0 Å². The molecule has 0 aromatic heterocycles. The van der Waals surface area contributed by atoms with E-state index in [1.165, 1.54) is 28.4 Å². The van der Waals surface area contributed by atoms with Gasteiger partial charge in [0.2, 0.25) is 0 Å². The summed E-state index contributed by atoms with van der Waals surface area (Å²) in [7, 11) is 0. The van der Waals surface area contributed by atoms with Crippen molar-refractivity contribution < 1.29 is 48.2 Å². The third kappa shape index (κ3) is 13.5. The van der Waals surface area contributed by atoms with Gasteiger partial charge in [0.15, 0.2) is 10.3 Å². The second-order valence-corrected chi connectivity index (χ2v) is 19.9. The highest BCUT2D eigenvalue weighted by Gasteiger charge is 2.52. The van der Waals surface area contributed by atoms with Crippen LogP contribution < -0.4 is 5.32 Å². The summed E-state index contributed by atoms with van der Waals surface area (Å²) in [5.41, 5.74) is 0.209. The number of amidine groups is 2. The van der Waals surface area contributed by atoms with Crippen LogP contribution in [0.1, 0.15) is 80.4 Å². The Balaban J connectivity index is 0.000000232. The Morgan fingerprint density at radius 3 is 1.69 bits per heavy atom. The first-order chi connectivity index (χ1) is 28.7. The lowest BCUT2D eigenvalue weighted by atomic mass is 9.87. The normalized spacial score (nSPS) is 29.3. The summed E-state index contributed by atoms with van der Waals surface area (Å²) in [6, 6.07) is 19.3. The molecule has 336 valence electrons. The molecule has 61 heavy (non-hydrogen) atoms. The van der Waals surface area contributed by atoms with E-state index in [-0.39, 0.29) is 59.6 Å². The van der Waals surface area contributed by atoms with Gasteiger partial charge in [-0.3, -0.25) is 20.2 Å². The van der Waals surface area contributed by atoms with Gasteiger partial charge in [-0.1, -0.05) is 104 Å². The van der Waals surface area contributed by atoms with E-state index < -0.39 is 41.7 Å². The van der Waals surface area contributed by atoms with E-state index in [1.807, 2.05) is 95.3 Å². The Hall–Kier alpha value is -3.48. The number of carbonyl (C=O) groups excluding carboxylic acids is 2. The lowest BCUT2D eigenvalue weighted by molar-refractivity contribution is -0.165. The summed E-state index contributed by atoms with van der Waals surface area (Å²) in [6.07, 6.45) is -1.99. The molecule has 4 aliphatic heterocycles. The molecule has 2 saturated heterocycles. The molecule has 0 radical (unpaired) electrons. The number of ether oxygens (including phenoxy) is 6. The Morgan fingerprint density at radius 2 is 1.25 bits per heavy atom. The third-order valence-electron chi connectivity index (χ3n) is 10.1. The summed E-state index contributed by atoms with van der Waals surface area (Å²) in [6.45, 7) is 23.3. The number of alkyl carbamates (subject to hydrolysis) is 1. The minimum atomic E-state index is -0.659. The monoisotopic (exact) mass is 884 g/mol. The van der Waals surface area contributed by atoms with Crippen LogP contribution in [0.25, 0.3) is 0 Å². The lowest BCUT2D eigenvalue weighted by Gasteiger charge is -2.42. The van der Waals surface area contributed by atoms with Crippen LogP contribution in [0.15, 0.2) is 83.3 Å². The van der Waals surface area contributed by atoms with Crippen LogP contribution in [0.5, 0.6) is 0 Å². The first-order valence-electron chi connectivity index (χ1n) is 20.8. The standard InChI is InChI=1S/C24H34N2O5S.C21H30N2O5S/c1-7-13-26(23(28)31-24(4,5)6)22-25-18-20(29-14-17-11-9-8-10-12-17)15(2)19(16(3)27)30-21(18)32-22;1-12-16(13(2)24)27-18-15(17(12)26-11-14-9-7-6-8-10-14)22-19(29-18)23-20(25)28-21(3,4)5/h7-12,15-16,18-21,27H,1,13-14H2,2-6H3;6-10,12-13,15-18,24H,11H2,1-5H3,(H,22,23,25)/t15-,16?,18-,19+,20+,21-;12-,13?,15-,16+,17+,18-/m11/s1. The maximum absolute atomic E-state index is 12.8. The van der Waals surface area contributed by atoms with Gasteiger partial charge in [0.1, 0.15) is 34.2 Å². The highest BCUT2D eigenvalue weighted by molar-refractivity contribution is 8.14. The molecule has 0 spiro atoms. The van der Waals surface area contributed by atoms with Crippen molar-refractivity contribution in [2.24, 2.45) is 21.8 Å². The van der Waals surface area contributed by atoms with Crippen molar-refractivity contribution in [3.63, 3.8) is 0 Å². The number of thioether (sulfide) groups is 2. The van der Waals surface area contributed by atoms with E-state index >= 15 is 0 Å². The minimum Gasteiger partial charge on any atom is -0.444 e. The largest absolute Gasteiger partial charge is 0.444 e. The highest BCUT2D eigenvalue weighted by atomic mass is 32.2. The van der Waals surface area contributed by atoms with Gasteiger partial charge < -0.3 is 38.6 Å². The molecule has 2 aromatic rings. The van der Waals surface area contributed by atoms with Crippen molar-refractivity contribution >= 4 is 46.0 Å². The van der Waals surface area contributed by atoms with E-state index in [9.17, 15) is 19.8 Å². The fraction of sp³-hybridized carbons (Fsp3) is 0.600. The summed E-state index contributed by atoms with van der Waals surface area (Å²) < 4.78 is 35.8. The molecule has 16 heteroatoms. The average molecular weight is 885 g/mol. The van der Waals surface area contributed by atoms with Crippen molar-refractivity contribution in [2.75, 3.05) is 6.54 Å². The van der Waals surface area contributed by atoms with Crippen molar-refractivity contribution in [3.8, 4) is 0 Å². The van der Waals surface area contributed by atoms with E-state index in [4.69, 9.17) is 33.4 Å². The Kier molecular flexibility index (Phi) is 16.9. The molecule has 0 saturated carbocycles. The molecule has 14 nitrogen and oxygen atoms in total. The number of hydrogen-bond acceptors (Lipinski definition) is 14. The predicted octanol–water partition coefficient (Wildman–Crippen LogP) is 7.52. The number of rotatable bonds is 10. The Bertz CT molecular complexity index is 1820. The predicted molar refractivity (Wildman–Crippen MR) is 239 cm³/mol. The molecule has 4 heterocycles. The molecule has 0 bridgehead atoms. The first-order valence-corrected chi connectivity index (χ1v) is 22.6. The number of amides is 2. The molecular formula is C45H64N4O10S2. The zero-order valence-electron chi connectivity index (χ0n) is 36.9. The van der Waals surface area contributed by atoms with E-state index in [1.54, 1.807) is 40.7 Å². The van der Waals surface area contributed by atoms with Crippen LogP contribution in [-0.2, 0) is 41.6 Å². The first kappa shape index (κ1) is 48.6.